The maximum absolute atomic E-state index is 5.62. The largest absolute Gasteiger partial charge is 0.376 e. The van der Waals surface area contributed by atoms with Crippen molar-refractivity contribution in [1.82, 2.24) is 20.1 Å². The van der Waals surface area contributed by atoms with Gasteiger partial charge in [0.1, 0.15) is 12.2 Å². The van der Waals surface area contributed by atoms with Gasteiger partial charge in [0.05, 0.1) is 12.6 Å². The minimum absolute atomic E-state index is 0.368. The van der Waals surface area contributed by atoms with Crippen LogP contribution in [0.15, 0.2) is 6.33 Å². The van der Waals surface area contributed by atoms with E-state index in [0.717, 1.165) is 32.1 Å². The summed E-state index contributed by atoms with van der Waals surface area (Å²) < 4.78 is 7.77. The van der Waals surface area contributed by atoms with E-state index in [2.05, 4.69) is 20.1 Å². The van der Waals surface area contributed by atoms with Crippen LogP contribution >= 0.6 is 0 Å². The smallest absolute Gasteiger partial charge is 0.138 e. The molecule has 1 aromatic heterocycles. The maximum Gasteiger partial charge on any atom is 0.138 e. The molecule has 0 radical (unpaired) electrons. The normalized spacial score (nSPS) is 26.8. The van der Waals surface area contributed by atoms with Crippen molar-refractivity contribution in [3.05, 3.63) is 12.2 Å². The van der Waals surface area contributed by atoms with Crippen molar-refractivity contribution in [2.75, 3.05) is 19.7 Å². The minimum Gasteiger partial charge on any atom is -0.376 e. The van der Waals surface area contributed by atoms with Gasteiger partial charge in [-0.2, -0.15) is 0 Å². The van der Waals surface area contributed by atoms with Crippen LogP contribution in [0.2, 0.25) is 0 Å². The van der Waals surface area contributed by atoms with Gasteiger partial charge in [-0.15, -0.1) is 10.2 Å². The fraction of sp³-hybridized carbons (Fsp3) is 0.800. The van der Waals surface area contributed by atoms with E-state index in [-0.39, 0.29) is 0 Å². The lowest BCUT2D eigenvalue weighted by Gasteiger charge is -2.26. The summed E-state index contributed by atoms with van der Waals surface area (Å²) in [6.07, 6.45) is 4.55. The highest BCUT2D eigenvalue weighted by molar-refractivity contribution is 5.03. The van der Waals surface area contributed by atoms with Gasteiger partial charge >= 0.3 is 0 Å². The summed E-state index contributed by atoms with van der Waals surface area (Å²) in [6, 6.07) is 0. The molecule has 2 saturated heterocycles. The predicted molar refractivity (Wildman–Crippen MR) is 54.6 cm³/mol. The molecule has 2 aliphatic heterocycles. The Morgan fingerprint density at radius 2 is 2.47 bits per heavy atom. The van der Waals surface area contributed by atoms with Crippen molar-refractivity contribution < 1.29 is 4.74 Å². The van der Waals surface area contributed by atoms with Crippen LogP contribution in [-0.2, 0) is 11.3 Å². The predicted octanol–water partition coefficient (Wildman–Crippen LogP) is 0.144. The van der Waals surface area contributed by atoms with E-state index in [0.29, 0.717) is 12.0 Å². The zero-order valence-electron chi connectivity index (χ0n) is 8.72. The van der Waals surface area contributed by atoms with Crippen molar-refractivity contribution in [3.8, 4) is 0 Å². The Morgan fingerprint density at radius 1 is 1.53 bits per heavy atom. The lowest BCUT2D eigenvalue weighted by molar-refractivity contribution is 0.0956. The lowest BCUT2D eigenvalue weighted by atomic mass is 10.0. The molecule has 0 aromatic carbocycles. The molecule has 0 saturated carbocycles. The zero-order valence-corrected chi connectivity index (χ0v) is 8.72. The Labute approximate surface area is 88.8 Å². The highest BCUT2D eigenvalue weighted by Crippen LogP contribution is 2.20. The van der Waals surface area contributed by atoms with Gasteiger partial charge in [-0.1, -0.05) is 0 Å². The molecular weight excluding hydrogens is 192 g/mol. The average Bonchev–Trinajstić information content (AvgIpc) is 2.76. The Morgan fingerprint density at radius 3 is 3.13 bits per heavy atom. The monoisotopic (exact) mass is 208 g/mol. The molecule has 2 aliphatic rings. The number of nitrogens with zero attached hydrogens (tertiary/aromatic N) is 3. The van der Waals surface area contributed by atoms with Crippen molar-refractivity contribution >= 4 is 0 Å². The summed E-state index contributed by atoms with van der Waals surface area (Å²) in [5, 5.41) is 11.5. The Kier molecular flexibility index (Phi) is 2.42. The Hall–Kier alpha value is -0.940. The topological polar surface area (TPSA) is 52.0 Å². The summed E-state index contributed by atoms with van der Waals surface area (Å²) in [4.78, 5) is 0. The van der Waals surface area contributed by atoms with Crippen LogP contribution in [0.4, 0.5) is 0 Å². The van der Waals surface area contributed by atoms with Gasteiger partial charge in [-0.05, 0) is 12.8 Å². The van der Waals surface area contributed by atoms with Crippen LogP contribution in [0.3, 0.4) is 0 Å². The first-order chi connectivity index (χ1) is 7.43. The molecule has 15 heavy (non-hydrogen) atoms. The molecule has 1 N–H and O–H groups in total. The van der Waals surface area contributed by atoms with E-state index >= 15 is 0 Å². The highest BCUT2D eigenvalue weighted by Gasteiger charge is 2.25. The summed E-state index contributed by atoms with van der Waals surface area (Å²) in [7, 11) is 0. The van der Waals surface area contributed by atoms with E-state index in [1.807, 2.05) is 6.33 Å². The zero-order chi connectivity index (χ0) is 10.1. The molecule has 5 nitrogen and oxygen atoms in total. The number of nitrogens with one attached hydrogen (secondary N) is 1. The molecule has 0 bridgehead atoms. The van der Waals surface area contributed by atoms with Crippen molar-refractivity contribution in [1.29, 1.82) is 0 Å². The summed E-state index contributed by atoms with van der Waals surface area (Å²) >= 11 is 0. The van der Waals surface area contributed by atoms with Crippen LogP contribution in [-0.4, -0.2) is 40.6 Å². The number of aromatic nitrogens is 3. The van der Waals surface area contributed by atoms with Crippen LogP contribution in [0.5, 0.6) is 0 Å². The van der Waals surface area contributed by atoms with Gasteiger partial charge in [-0.3, -0.25) is 0 Å². The minimum atomic E-state index is 0.368. The van der Waals surface area contributed by atoms with Gasteiger partial charge in [0, 0.05) is 25.6 Å². The van der Waals surface area contributed by atoms with E-state index in [4.69, 9.17) is 4.74 Å². The molecule has 2 fully saturated rings. The van der Waals surface area contributed by atoms with Gasteiger partial charge in [0.25, 0.3) is 0 Å². The lowest BCUT2D eigenvalue weighted by Crippen LogP contribution is -2.41. The van der Waals surface area contributed by atoms with E-state index in [9.17, 15) is 0 Å². The van der Waals surface area contributed by atoms with Crippen LogP contribution in [0, 0.1) is 0 Å². The summed E-state index contributed by atoms with van der Waals surface area (Å²) in [5.41, 5.74) is 0. The number of hydrogen-bond acceptors (Lipinski definition) is 4. The molecule has 5 heteroatoms. The molecule has 3 heterocycles. The number of rotatable bonds is 3. The molecule has 1 atom stereocenters. The molecule has 0 amide bonds. The molecule has 1 aromatic rings. The fourth-order valence-corrected chi connectivity index (χ4v) is 2.20. The Bertz CT molecular complexity index is 328. The summed E-state index contributed by atoms with van der Waals surface area (Å²) in [6.45, 7) is 3.89. The highest BCUT2D eigenvalue weighted by atomic mass is 16.5. The third kappa shape index (κ3) is 1.77. The van der Waals surface area contributed by atoms with Crippen LogP contribution in [0.25, 0.3) is 0 Å². The maximum atomic E-state index is 5.62. The molecule has 3 rings (SSSR count). The standard InChI is InChI=1S/C10H16N4O/c1-2-9(15-3-1)6-14-7-12-13-10(14)8-4-11-5-8/h7-9,11H,1-6H2. The van der Waals surface area contributed by atoms with Gasteiger partial charge in [-0.25, -0.2) is 0 Å². The first-order valence-corrected chi connectivity index (χ1v) is 5.63. The van der Waals surface area contributed by atoms with Crippen molar-refractivity contribution in [2.24, 2.45) is 0 Å². The second-order valence-electron chi connectivity index (χ2n) is 4.33. The third-order valence-corrected chi connectivity index (χ3v) is 3.22. The molecule has 0 spiro atoms. The quantitative estimate of drug-likeness (QED) is 0.768. The molecule has 1 unspecified atom stereocenters. The second-order valence-corrected chi connectivity index (χ2v) is 4.33. The first-order valence-electron chi connectivity index (χ1n) is 5.63. The average molecular weight is 208 g/mol. The van der Waals surface area contributed by atoms with Crippen molar-refractivity contribution in [3.63, 3.8) is 0 Å². The van der Waals surface area contributed by atoms with Crippen molar-refractivity contribution in [2.45, 2.75) is 31.4 Å². The van der Waals surface area contributed by atoms with Gasteiger partial charge in [0.15, 0.2) is 0 Å². The van der Waals surface area contributed by atoms with E-state index < -0.39 is 0 Å². The number of ether oxygens (including phenoxy) is 1. The first kappa shape index (κ1) is 9.30. The van der Waals surface area contributed by atoms with E-state index in [1.165, 1.54) is 12.8 Å². The third-order valence-electron chi connectivity index (χ3n) is 3.22. The van der Waals surface area contributed by atoms with Crippen LogP contribution in [0.1, 0.15) is 24.6 Å². The SMILES string of the molecule is c1nnc(C2CNC2)n1CC1CCCO1. The second kappa shape index (κ2) is 3.90. The summed E-state index contributed by atoms with van der Waals surface area (Å²) in [5.74, 6) is 1.66. The Balaban J connectivity index is 1.70. The van der Waals surface area contributed by atoms with Gasteiger partial charge in [0.2, 0.25) is 0 Å². The molecule has 82 valence electrons. The molecular formula is C10H16N4O. The van der Waals surface area contributed by atoms with Gasteiger partial charge < -0.3 is 14.6 Å². The van der Waals surface area contributed by atoms with E-state index in [1.54, 1.807) is 0 Å². The van der Waals surface area contributed by atoms with Crippen LogP contribution < -0.4 is 5.32 Å². The fourth-order valence-electron chi connectivity index (χ4n) is 2.20. The molecule has 0 aliphatic carbocycles. The number of hydrogen-bond donors (Lipinski definition) is 1.